The minimum absolute atomic E-state index is 0.106. The zero-order valence-electron chi connectivity index (χ0n) is 14.1. The quantitative estimate of drug-likeness (QED) is 0.701. The van der Waals surface area contributed by atoms with Crippen LogP contribution in [0.15, 0.2) is 24.3 Å². The van der Waals surface area contributed by atoms with E-state index in [0.717, 1.165) is 39.3 Å². The predicted octanol–water partition coefficient (Wildman–Crippen LogP) is 1.28. The molecule has 0 aromatic heterocycles. The highest BCUT2D eigenvalue weighted by Crippen LogP contribution is 2.09. The van der Waals surface area contributed by atoms with Crippen molar-refractivity contribution in [3.63, 3.8) is 0 Å². The van der Waals surface area contributed by atoms with Crippen LogP contribution in [0.4, 0.5) is 10.5 Å². The Morgan fingerprint density at radius 1 is 1.08 bits per heavy atom. The number of carbonyl (C=O) groups is 2. The minimum Gasteiger partial charge on any atom is -0.379 e. The summed E-state index contributed by atoms with van der Waals surface area (Å²) >= 11 is 0. The van der Waals surface area contributed by atoms with Crippen LogP contribution in [0.3, 0.4) is 0 Å². The Morgan fingerprint density at radius 2 is 1.79 bits per heavy atom. The number of nitrogens with zero attached hydrogens (tertiary/aromatic N) is 1. The van der Waals surface area contributed by atoms with Crippen molar-refractivity contribution in [2.45, 2.75) is 13.3 Å². The lowest BCUT2D eigenvalue weighted by Crippen LogP contribution is -2.41. The van der Waals surface area contributed by atoms with E-state index in [1.54, 1.807) is 24.3 Å². The third-order valence-electron chi connectivity index (χ3n) is 3.76. The summed E-state index contributed by atoms with van der Waals surface area (Å²) in [5.41, 5.74) is 1.24. The molecule has 3 N–H and O–H groups in total. The van der Waals surface area contributed by atoms with Gasteiger partial charge in [-0.3, -0.25) is 9.69 Å². The molecule has 1 aromatic carbocycles. The summed E-state index contributed by atoms with van der Waals surface area (Å²) < 4.78 is 5.29. The third kappa shape index (κ3) is 6.17. The van der Waals surface area contributed by atoms with Crippen LogP contribution in [0.2, 0.25) is 0 Å². The summed E-state index contributed by atoms with van der Waals surface area (Å²) in [5, 5.41) is 8.38. The molecule has 1 aromatic rings. The molecule has 132 valence electrons. The third-order valence-corrected chi connectivity index (χ3v) is 3.76. The molecule has 1 fully saturated rings. The molecule has 0 radical (unpaired) electrons. The first-order chi connectivity index (χ1) is 11.7. The number of benzene rings is 1. The largest absolute Gasteiger partial charge is 0.379 e. The number of amides is 3. The van der Waals surface area contributed by atoms with Gasteiger partial charge < -0.3 is 20.7 Å². The van der Waals surface area contributed by atoms with Crippen LogP contribution >= 0.6 is 0 Å². The van der Waals surface area contributed by atoms with Crippen molar-refractivity contribution in [3.05, 3.63) is 29.8 Å². The van der Waals surface area contributed by atoms with Gasteiger partial charge in [0.05, 0.1) is 13.2 Å². The van der Waals surface area contributed by atoms with E-state index in [-0.39, 0.29) is 11.9 Å². The highest BCUT2D eigenvalue weighted by atomic mass is 16.5. The van der Waals surface area contributed by atoms with Crippen molar-refractivity contribution in [2.24, 2.45) is 0 Å². The molecule has 7 heteroatoms. The Labute approximate surface area is 142 Å². The number of rotatable bonds is 7. The van der Waals surface area contributed by atoms with Crippen molar-refractivity contribution in [2.75, 3.05) is 51.3 Å². The fourth-order valence-electron chi connectivity index (χ4n) is 2.37. The van der Waals surface area contributed by atoms with Crippen molar-refractivity contribution in [1.82, 2.24) is 15.5 Å². The van der Waals surface area contributed by atoms with Gasteiger partial charge in [-0.2, -0.15) is 0 Å². The van der Waals surface area contributed by atoms with Crippen LogP contribution in [0.1, 0.15) is 23.7 Å². The van der Waals surface area contributed by atoms with Crippen LogP contribution in [0.25, 0.3) is 0 Å². The maximum atomic E-state index is 12.1. The van der Waals surface area contributed by atoms with E-state index in [0.29, 0.717) is 24.3 Å². The highest BCUT2D eigenvalue weighted by molar-refractivity contribution is 5.95. The first kappa shape index (κ1) is 18.2. The van der Waals surface area contributed by atoms with Gasteiger partial charge in [-0.15, -0.1) is 0 Å². The Bertz CT molecular complexity index is 527. The minimum atomic E-state index is -0.237. The Kier molecular flexibility index (Phi) is 7.51. The molecule has 0 spiro atoms. The van der Waals surface area contributed by atoms with E-state index in [2.05, 4.69) is 20.9 Å². The van der Waals surface area contributed by atoms with Crippen LogP contribution in [0, 0.1) is 0 Å². The zero-order valence-corrected chi connectivity index (χ0v) is 14.1. The lowest BCUT2D eigenvalue weighted by Gasteiger charge is -2.26. The Morgan fingerprint density at radius 3 is 2.46 bits per heavy atom. The molecular weight excluding hydrogens is 308 g/mol. The molecule has 0 atom stereocenters. The standard InChI is InChI=1S/C17H26N4O3/c1-2-7-19-17(23)20-15-5-3-14(4-6-15)16(22)18-8-9-21-10-12-24-13-11-21/h3-6H,2,7-13H2,1H3,(H,18,22)(H2,19,20,23). The highest BCUT2D eigenvalue weighted by Gasteiger charge is 2.11. The molecule has 1 saturated heterocycles. The lowest BCUT2D eigenvalue weighted by atomic mass is 10.2. The smallest absolute Gasteiger partial charge is 0.319 e. The summed E-state index contributed by atoms with van der Waals surface area (Å²) in [6.45, 7) is 7.40. The van der Waals surface area contributed by atoms with E-state index >= 15 is 0 Å². The van der Waals surface area contributed by atoms with Gasteiger partial charge in [0.2, 0.25) is 0 Å². The van der Waals surface area contributed by atoms with Gasteiger partial charge in [0, 0.05) is 44.0 Å². The number of hydrogen-bond donors (Lipinski definition) is 3. The first-order valence-electron chi connectivity index (χ1n) is 8.42. The fourth-order valence-corrected chi connectivity index (χ4v) is 2.37. The number of anilines is 1. The Balaban J connectivity index is 1.73. The molecule has 3 amide bonds. The van der Waals surface area contributed by atoms with Crippen LogP contribution in [-0.2, 0) is 4.74 Å². The molecule has 0 bridgehead atoms. The summed E-state index contributed by atoms with van der Waals surface area (Å²) in [5.74, 6) is -0.106. The molecule has 1 heterocycles. The van der Waals surface area contributed by atoms with E-state index in [9.17, 15) is 9.59 Å². The van der Waals surface area contributed by atoms with Crippen molar-refractivity contribution in [3.8, 4) is 0 Å². The Hall–Kier alpha value is -2.12. The van der Waals surface area contributed by atoms with Crippen molar-refractivity contribution >= 4 is 17.6 Å². The summed E-state index contributed by atoms with van der Waals surface area (Å²) in [6, 6.07) is 6.63. The summed E-state index contributed by atoms with van der Waals surface area (Å²) in [7, 11) is 0. The van der Waals surface area contributed by atoms with Crippen molar-refractivity contribution in [1.29, 1.82) is 0 Å². The van der Waals surface area contributed by atoms with E-state index in [4.69, 9.17) is 4.74 Å². The molecule has 1 aliphatic heterocycles. The molecule has 7 nitrogen and oxygen atoms in total. The van der Waals surface area contributed by atoms with Gasteiger partial charge in [-0.25, -0.2) is 4.79 Å². The maximum Gasteiger partial charge on any atom is 0.319 e. The van der Waals surface area contributed by atoms with Gasteiger partial charge in [0.1, 0.15) is 0 Å². The first-order valence-corrected chi connectivity index (χ1v) is 8.42. The van der Waals surface area contributed by atoms with E-state index in [1.165, 1.54) is 0 Å². The fraction of sp³-hybridized carbons (Fsp3) is 0.529. The number of carbonyl (C=O) groups excluding carboxylic acids is 2. The van der Waals surface area contributed by atoms with E-state index in [1.807, 2.05) is 6.92 Å². The van der Waals surface area contributed by atoms with E-state index < -0.39 is 0 Å². The molecule has 24 heavy (non-hydrogen) atoms. The number of urea groups is 1. The van der Waals surface area contributed by atoms with Gasteiger partial charge in [-0.1, -0.05) is 6.92 Å². The molecule has 2 rings (SSSR count). The van der Waals surface area contributed by atoms with Gasteiger partial charge in [-0.05, 0) is 30.7 Å². The van der Waals surface area contributed by atoms with Crippen LogP contribution in [-0.4, -0.2) is 62.8 Å². The molecular formula is C17H26N4O3. The molecule has 0 aliphatic carbocycles. The normalized spacial score (nSPS) is 14.9. The maximum absolute atomic E-state index is 12.1. The number of ether oxygens (including phenoxy) is 1. The summed E-state index contributed by atoms with van der Waals surface area (Å²) in [4.78, 5) is 25.9. The van der Waals surface area contributed by atoms with Gasteiger partial charge in [0.25, 0.3) is 5.91 Å². The zero-order chi connectivity index (χ0) is 17.2. The average molecular weight is 334 g/mol. The SMILES string of the molecule is CCCNC(=O)Nc1ccc(C(=O)NCCN2CCOCC2)cc1. The molecule has 0 saturated carbocycles. The lowest BCUT2D eigenvalue weighted by molar-refractivity contribution is 0.0383. The number of nitrogens with one attached hydrogen (secondary N) is 3. The topological polar surface area (TPSA) is 82.7 Å². The van der Waals surface area contributed by atoms with Crippen LogP contribution < -0.4 is 16.0 Å². The van der Waals surface area contributed by atoms with Gasteiger partial charge >= 0.3 is 6.03 Å². The second-order valence-corrected chi connectivity index (χ2v) is 5.67. The second-order valence-electron chi connectivity index (χ2n) is 5.67. The van der Waals surface area contributed by atoms with Crippen molar-refractivity contribution < 1.29 is 14.3 Å². The molecule has 0 unspecified atom stereocenters. The summed E-state index contributed by atoms with van der Waals surface area (Å²) in [6.07, 6.45) is 0.886. The number of hydrogen-bond acceptors (Lipinski definition) is 4. The predicted molar refractivity (Wildman–Crippen MR) is 93.3 cm³/mol. The molecule has 1 aliphatic rings. The average Bonchev–Trinajstić information content (AvgIpc) is 2.61. The van der Waals surface area contributed by atoms with Crippen LogP contribution in [0.5, 0.6) is 0 Å². The second kappa shape index (κ2) is 9.89. The monoisotopic (exact) mass is 334 g/mol. The van der Waals surface area contributed by atoms with Gasteiger partial charge in [0.15, 0.2) is 0 Å². The number of morpholine rings is 1.